The second-order valence-corrected chi connectivity index (χ2v) is 10.4. The van der Waals surface area contributed by atoms with E-state index < -0.39 is 0 Å². The number of anilines is 1. The van der Waals surface area contributed by atoms with E-state index >= 15 is 0 Å². The molecule has 0 aliphatic carbocycles. The van der Waals surface area contributed by atoms with Crippen LogP contribution >= 0.6 is 23.1 Å². The fourth-order valence-electron chi connectivity index (χ4n) is 3.87. The average Bonchev–Trinajstić information content (AvgIpc) is 3.60. The number of carbonyl (C=O) groups is 2. The number of ether oxygens (including phenoxy) is 3. The first-order valence-electron chi connectivity index (χ1n) is 11.9. The average molecular weight is 542 g/mol. The molecule has 0 atom stereocenters. The molecule has 0 saturated heterocycles. The molecule has 10 heteroatoms. The van der Waals surface area contributed by atoms with Gasteiger partial charge in [0, 0.05) is 42.3 Å². The summed E-state index contributed by atoms with van der Waals surface area (Å²) in [5.41, 5.74) is 1.61. The second kappa shape index (κ2) is 13.4. The first kappa shape index (κ1) is 26.8. The fraction of sp³-hybridized carbons (Fsp3) is 0.333. The Morgan fingerprint density at radius 3 is 2.59 bits per heavy atom. The van der Waals surface area contributed by atoms with E-state index in [0.29, 0.717) is 49.8 Å². The maximum absolute atomic E-state index is 13.6. The minimum Gasteiger partial charge on any atom is -0.454 e. The highest BCUT2D eigenvalue weighted by atomic mass is 32.2. The largest absolute Gasteiger partial charge is 0.454 e. The van der Waals surface area contributed by atoms with Crippen molar-refractivity contribution in [2.45, 2.75) is 24.4 Å². The molecule has 37 heavy (non-hydrogen) atoms. The normalized spacial score (nSPS) is 11.8. The van der Waals surface area contributed by atoms with Crippen molar-refractivity contribution in [3.05, 3.63) is 70.4 Å². The van der Waals surface area contributed by atoms with Crippen LogP contribution in [-0.2, 0) is 22.6 Å². The molecule has 3 aromatic rings. The number of amides is 3. The van der Waals surface area contributed by atoms with Crippen LogP contribution in [0.15, 0.2) is 64.9 Å². The van der Waals surface area contributed by atoms with E-state index in [1.165, 1.54) is 0 Å². The van der Waals surface area contributed by atoms with Gasteiger partial charge in [0.25, 0.3) is 0 Å². The van der Waals surface area contributed by atoms with Crippen molar-refractivity contribution >= 4 is 40.7 Å². The predicted molar refractivity (Wildman–Crippen MR) is 146 cm³/mol. The van der Waals surface area contributed by atoms with E-state index in [-0.39, 0.29) is 25.3 Å². The van der Waals surface area contributed by atoms with Gasteiger partial charge >= 0.3 is 6.03 Å². The number of hydrogen-bond acceptors (Lipinski definition) is 7. The highest BCUT2D eigenvalue weighted by Crippen LogP contribution is 2.33. The van der Waals surface area contributed by atoms with E-state index in [1.807, 2.05) is 66.2 Å². The van der Waals surface area contributed by atoms with Crippen LogP contribution in [0.4, 0.5) is 10.5 Å². The molecule has 2 aromatic carbocycles. The van der Waals surface area contributed by atoms with Crippen molar-refractivity contribution in [2.24, 2.45) is 0 Å². The molecule has 0 bridgehead atoms. The highest BCUT2D eigenvalue weighted by molar-refractivity contribution is 7.98. The summed E-state index contributed by atoms with van der Waals surface area (Å²) >= 11 is 3.23. The summed E-state index contributed by atoms with van der Waals surface area (Å²) in [7, 11) is 1.62. The van der Waals surface area contributed by atoms with Gasteiger partial charge in [0.2, 0.25) is 12.7 Å². The van der Waals surface area contributed by atoms with Gasteiger partial charge in [0.1, 0.15) is 6.54 Å². The minimum atomic E-state index is -0.319. The number of carbonyl (C=O) groups excluding carboxylic acids is 2. The highest BCUT2D eigenvalue weighted by Gasteiger charge is 2.23. The van der Waals surface area contributed by atoms with Gasteiger partial charge in [-0.2, -0.15) is 0 Å². The van der Waals surface area contributed by atoms with Gasteiger partial charge in [-0.05, 0) is 66.1 Å². The van der Waals surface area contributed by atoms with E-state index in [1.54, 1.807) is 40.0 Å². The molecule has 3 amide bonds. The molecule has 0 spiro atoms. The number of nitrogens with one attached hydrogen (secondary N) is 1. The standard InChI is InChI=1S/C27H31N3O5S2/c1-33-13-4-12-29(27(32)28-21-7-9-22(36-2)10-8-21)18-26(31)30(17-23-5-3-14-37-23)16-20-6-11-24-25(15-20)35-19-34-24/h3,5-11,14-15H,4,12-13,16-19H2,1-2H3,(H,28,32). The Labute approximate surface area is 225 Å². The number of nitrogens with zero attached hydrogens (tertiary/aromatic N) is 2. The minimum absolute atomic E-state index is 0.0473. The molecular formula is C27H31N3O5S2. The number of methoxy groups -OCH3 is 1. The second-order valence-electron chi connectivity index (χ2n) is 8.44. The summed E-state index contributed by atoms with van der Waals surface area (Å²) < 4.78 is 16.1. The molecule has 0 saturated carbocycles. The third-order valence-corrected chi connectivity index (χ3v) is 7.43. The molecule has 0 unspecified atom stereocenters. The Morgan fingerprint density at radius 2 is 1.86 bits per heavy atom. The summed E-state index contributed by atoms with van der Waals surface area (Å²) in [5, 5.41) is 4.92. The van der Waals surface area contributed by atoms with Crippen molar-refractivity contribution in [3.8, 4) is 11.5 Å². The van der Waals surface area contributed by atoms with Crippen LogP contribution in [0.1, 0.15) is 16.9 Å². The molecule has 196 valence electrons. The van der Waals surface area contributed by atoms with Crippen LogP contribution in [0, 0.1) is 0 Å². The Hall–Kier alpha value is -3.21. The lowest BCUT2D eigenvalue weighted by atomic mass is 10.2. The first-order valence-corrected chi connectivity index (χ1v) is 14.0. The molecule has 2 heterocycles. The molecule has 1 aromatic heterocycles. The van der Waals surface area contributed by atoms with Gasteiger partial charge in [0.15, 0.2) is 11.5 Å². The van der Waals surface area contributed by atoms with Crippen molar-refractivity contribution < 1.29 is 23.8 Å². The Kier molecular flexibility index (Phi) is 9.70. The number of fused-ring (bicyclic) bond motifs is 1. The third kappa shape index (κ3) is 7.64. The first-order chi connectivity index (χ1) is 18.1. The quantitative estimate of drug-likeness (QED) is 0.248. The molecular weight excluding hydrogens is 510 g/mol. The van der Waals surface area contributed by atoms with E-state index in [9.17, 15) is 9.59 Å². The smallest absolute Gasteiger partial charge is 0.322 e. The van der Waals surface area contributed by atoms with Crippen LogP contribution in [0.3, 0.4) is 0 Å². The number of urea groups is 1. The van der Waals surface area contributed by atoms with E-state index in [0.717, 1.165) is 15.3 Å². The van der Waals surface area contributed by atoms with Gasteiger partial charge in [-0.15, -0.1) is 23.1 Å². The van der Waals surface area contributed by atoms with Crippen LogP contribution in [0.25, 0.3) is 0 Å². The molecule has 1 aliphatic rings. The van der Waals surface area contributed by atoms with Crippen LogP contribution < -0.4 is 14.8 Å². The summed E-state index contributed by atoms with van der Waals surface area (Å²) in [4.78, 5) is 32.3. The Bertz CT molecular complexity index is 1170. The number of thiophene rings is 1. The van der Waals surface area contributed by atoms with Gasteiger partial charge in [-0.25, -0.2) is 4.79 Å². The summed E-state index contributed by atoms with van der Waals surface area (Å²) in [6.07, 6.45) is 2.62. The van der Waals surface area contributed by atoms with Gasteiger partial charge in [-0.1, -0.05) is 12.1 Å². The monoisotopic (exact) mass is 541 g/mol. The number of benzene rings is 2. The van der Waals surface area contributed by atoms with Crippen LogP contribution in [0.5, 0.6) is 11.5 Å². The van der Waals surface area contributed by atoms with Crippen molar-refractivity contribution in [3.63, 3.8) is 0 Å². The third-order valence-electron chi connectivity index (χ3n) is 5.82. The molecule has 1 aliphatic heterocycles. The van der Waals surface area contributed by atoms with Crippen molar-refractivity contribution in [2.75, 3.05) is 45.2 Å². The zero-order valence-corrected chi connectivity index (χ0v) is 22.6. The fourth-order valence-corrected chi connectivity index (χ4v) is 5.00. The van der Waals surface area contributed by atoms with Crippen LogP contribution in [-0.4, -0.2) is 61.6 Å². The lowest BCUT2D eigenvalue weighted by Gasteiger charge is -2.28. The summed E-state index contributed by atoms with van der Waals surface area (Å²) in [6.45, 7) is 1.88. The number of thioether (sulfide) groups is 1. The zero-order chi connectivity index (χ0) is 26.0. The zero-order valence-electron chi connectivity index (χ0n) is 21.0. The number of rotatable bonds is 12. The molecule has 0 fully saturated rings. The maximum atomic E-state index is 13.6. The molecule has 8 nitrogen and oxygen atoms in total. The van der Waals surface area contributed by atoms with Gasteiger partial charge < -0.3 is 29.3 Å². The molecule has 4 rings (SSSR count). The van der Waals surface area contributed by atoms with Gasteiger partial charge in [0.05, 0.1) is 6.54 Å². The topological polar surface area (TPSA) is 80.3 Å². The Morgan fingerprint density at radius 1 is 1.05 bits per heavy atom. The molecule has 0 radical (unpaired) electrons. The molecule has 1 N–H and O–H groups in total. The lowest BCUT2D eigenvalue weighted by molar-refractivity contribution is -0.133. The van der Waals surface area contributed by atoms with Crippen molar-refractivity contribution in [1.29, 1.82) is 0 Å². The lowest BCUT2D eigenvalue weighted by Crippen LogP contribution is -2.44. The van der Waals surface area contributed by atoms with Gasteiger partial charge in [-0.3, -0.25) is 4.79 Å². The summed E-state index contributed by atoms with van der Waals surface area (Å²) in [6, 6.07) is 17.0. The predicted octanol–water partition coefficient (Wildman–Crippen LogP) is 5.30. The number of hydrogen-bond donors (Lipinski definition) is 1. The van der Waals surface area contributed by atoms with E-state index in [4.69, 9.17) is 14.2 Å². The van der Waals surface area contributed by atoms with Crippen molar-refractivity contribution in [1.82, 2.24) is 9.80 Å². The van der Waals surface area contributed by atoms with Crippen LogP contribution in [0.2, 0.25) is 0 Å². The van der Waals surface area contributed by atoms with E-state index in [2.05, 4.69) is 5.32 Å². The maximum Gasteiger partial charge on any atom is 0.322 e. The SMILES string of the molecule is COCCCN(CC(=O)N(Cc1ccc2c(c1)OCO2)Cc1cccs1)C(=O)Nc1ccc(SC)cc1. The summed E-state index contributed by atoms with van der Waals surface area (Å²) in [5.74, 6) is 1.23. The Balaban J connectivity index is 1.48.